The highest BCUT2D eigenvalue weighted by atomic mass is 79.9. The molecule has 19 heavy (non-hydrogen) atoms. The first-order valence-electron chi connectivity index (χ1n) is 6.71. The second kappa shape index (κ2) is 6.88. The lowest BCUT2D eigenvalue weighted by Crippen LogP contribution is -2.30. The first-order valence-corrected chi connectivity index (χ1v) is 7.50. The maximum absolute atomic E-state index is 3.66. The van der Waals surface area contributed by atoms with Crippen LogP contribution in [0, 0.1) is 0 Å². The van der Waals surface area contributed by atoms with Gasteiger partial charge in [0.1, 0.15) is 0 Å². The zero-order valence-electron chi connectivity index (χ0n) is 11.4. The molecule has 0 aliphatic carbocycles. The predicted molar refractivity (Wildman–Crippen MR) is 85.3 cm³/mol. The monoisotopic (exact) mass is 317 g/mol. The molecule has 0 heterocycles. The van der Waals surface area contributed by atoms with Gasteiger partial charge in [0.15, 0.2) is 0 Å². The van der Waals surface area contributed by atoms with Gasteiger partial charge in [-0.15, -0.1) is 0 Å². The molecule has 1 N–H and O–H groups in total. The maximum atomic E-state index is 3.66. The van der Waals surface area contributed by atoms with Gasteiger partial charge >= 0.3 is 0 Å². The fourth-order valence-electron chi connectivity index (χ4n) is 2.37. The first kappa shape index (κ1) is 14.3. The van der Waals surface area contributed by atoms with E-state index in [-0.39, 0.29) is 0 Å². The minimum absolute atomic E-state index is 0.342. The van der Waals surface area contributed by atoms with Gasteiger partial charge in [-0.05, 0) is 37.5 Å². The van der Waals surface area contributed by atoms with Gasteiger partial charge in [-0.1, -0.05) is 64.5 Å². The summed E-state index contributed by atoms with van der Waals surface area (Å²) in [6, 6.07) is 19.8. The summed E-state index contributed by atoms with van der Waals surface area (Å²) < 4.78 is 1.17. The Morgan fingerprint density at radius 2 is 1.58 bits per heavy atom. The van der Waals surface area contributed by atoms with E-state index in [2.05, 4.69) is 83.6 Å². The summed E-state index contributed by atoms with van der Waals surface area (Å²) in [4.78, 5) is 0. The zero-order valence-corrected chi connectivity index (χ0v) is 13.0. The van der Waals surface area contributed by atoms with Crippen molar-refractivity contribution in [1.82, 2.24) is 5.32 Å². The van der Waals surface area contributed by atoms with Crippen LogP contribution >= 0.6 is 15.9 Å². The quantitative estimate of drug-likeness (QED) is 0.840. The van der Waals surface area contributed by atoms with Gasteiger partial charge in [0.25, 0.3) is 0 Å². The molecular weight excluding hydrogens is 298 g/mol. The lowest BCUT2D eigenvalue weighted by atomic mass is 10.0. The Labute approximate surface area is 124 Å². The summed E-state index contributed by atoms with van der Waals surface area (Å²) in [5, 5.41) is 3.66. The molecule has 0 bridgehead atoms. The van der Waals surface area contributed by atoms with Crippen LogP contribution in [0.2, 0.25) is 0 Å². The fourth-order valence-corrected chi connectivity index (χ4v) is 3.00. The maximum Gasteiger partial charge on any atom is 0.0305 e. The number of rotatable bonds is 5. The number of benzene rings is 2. The van der Waals surface area contributed by atoms with E-state index in [1.807, 2.05) is 6.07 Å². The molecule has 0 fully saturated rings. The average Bonchev–Trinajstić information content (AvgIpc) is 2.40. The van der Waals surface area contributed by atoms with Gasteiger partial charge in [-0.3, -0.25) is 0 Å². The summed E-state index contributed by atoms with van der Waals surface area (Å²) >= 11 is 3.61. The van der Waals surface area contributed by atoms with Crippen LogP contribution in [0.4, 0.5) is 0 Å². The second-order valence-electron chi connectivity index (χ2n) is 5.00. The third kappa shape index (κ3) is 4.19. The van der Waals surface area contributed by atoms with E-state index in [4.69, 9.17) is 0 Å². The van der Waals surface area contributed by atoms with Crippen LogP contribution in [-0.4, -0.2) is 6.04 Å². The van der Waals surface area contributed by atoms with Gasteiger partial charge in [0, 0.05) is 16.6 Å². The molecule has 0 amide bonds. The van der Waals surface area contributed by atoms with Gasteiger partial charge in [0.2, 0.25) is 0 Å². The highest BCUT2D eigenvalue weighted by Gasteiger charge is 2.11. The molecule has 2 aromatic rings. The Kier molecular flexibility index (Phi) is 5.17. The van der Waals surface area contributed by atoms with Gasteiger partial charge < -0.3 is 5.32 Å². The van der Waals surface area contributed by atoms with Crippen LogP contribution in [0.3, 0.4) is 0 Å². The van der Waals surface area contributed by atoms with Crippen molar-refractivity contribution >= 4 is 15.9 Å². The van der Waals surface area contributed by atoms with Crippen molar-refractivity contribution in [3.8, 4) is 0 Å². The fraction of sp³-hybridized carbons (Fsp3) is 0.294. The molecule has 2 rings (SSSR count). The van der Waals surface area contributed by atoms with E-state index in [1.165, 1.54) is 15.6 Å². The Hall–Kier alpha value is -1.12. The van der Waals surface area contributed by atoms with E-state index in [0.29, 0.717) is 12.1 Å². The molecule has 0 aliphatic heterocycles. The summed E-state index contributed by atoms with van der Waals surface area (Å²) in [5.41, 5.74) is 2.68. The smallest absolute Gasteiger partial charge is 0.0305 e. The van der Waals surface area contributed by atoms with Crippen molar-refractivity contribution < 1.29 is 0 Å². The molecule has 1 unspecified atom stereocenters. The summed E-state index contributed by atoms with van der Waals surface area (Å²) in [6.45, 7) is 4.45. The minimum Gasteiger partial charge on any atom is -0.307 e. The van der Waals surface area contributed by atoms with Crippen molar-refractivity contribution in [1.29, 1.82) is 0 Å². The van der Waals surface area contributed by atoms with E-state index in [0.717, 1.165) is 6.42 Å². The third-order valence-electron chi connectivity index (χ3n) is 3.29. The van der Waals surface area contributed by atoms with Crippen molar-refractivity contribution in [2.24, 2.45) is 0 Å². The molecule has 100 valence electrons. The highest BCUT2D eigenvalue weighted by molar-refractivity contribution is 9.10. The van der Waals surface area contributed by atoms with Crippen LogP contribution in [0.5, 0.6) is 0 Å². The second-order valence-corrected chi connectivity index (χ2v) is 5.85. The predicted octanol–water partition coefficient (Wildman–Crippen LogP) is 4.73. The van der Waals surface area contributed by atoms with Crippen LogP contribution < -0.4 is 5.32 Å². The molecule has 0 saturated carbocycles. The molecule has 2 aromatic carbocycles. The van der Waals surface area contributed by atoms with Crippen LogP contribution in [0.25, 0.3) is 0 Å². The number of hydrogen-bond acceptors (Lipinski definition) is 1. The number of nitrogens with one attached hydrogen (secondary N) is 1. The third-order valence-corrected chi connectivity index (χ3v) is 4.01. The zero-order chi connectivity index (χ0) is 13.7. The Balaban J connectivity index is 1.96. The van der Waals surface area contributed by atoms with Gasteiger partial charge in [0.05, 0.1) is 0 Å². The number of halogens is 1. The van der Waals surface area contributed by atoms with E-state index >= 15 is 0 Å². The summed E-state index contributed by atoms with van der Waals surface area (Å²) in [7, 11) is 0. The van der Waals surface area contributed by atoms with Crippen molar-refractivity contribution in [2.75, 3.05) is 0 Å². The normalized spacial score (nSPS) is 14.1. The lowest BCUT2D eigenvalue weighted by Gasteiger charge is -2.21. The van der Waals surface area contributed by atoms with E-state index in [9.17, 15) is 0 Å². The lowest BCUT2D eigenvalue weighted by molar-refractivity contribution is 0.476. The standard InChI is InChI=1S/C17H20BrN/c1-13(12-15-8-4-3-5-9-15)19-14(2)16-10-6-7-11-17(16)18/h3-11,13-14,19H,12H2,1-2H3/t13?,14-/m0/s1. The van der Waals surface area contributed by atoms with Crippen molar-refractivity contribution in [3.05, 3.63) is 70.2 Å². The van der Waals surface area contributed by atoms with E-state index in [1.54, 1.807) is 0 Å². The Bertz CT molecular complexity index is 510. The Morgan fingerprint density at radius 1 is 0.947 bits per heavy atom. The van der Waals surface area contributed by atoms with Gasteiger partial charge in [-0.2, -0.15) is 0 Å². The number of hydrogen-bond donors (Lipinski definition) is 1. The molecule has 0 radical (unpaired) electrons. The van der Waals surface area contributed by atoms with Crippen LogP contribution in [-0.2, 0) is 6.42 Å². The molecule has 1 nitrogen and oxygen atoms in total. The molecule has 2 atom stereocenters. The minimum atomic E-state index is 0.342. The van der Waals surface area contributed by atoms with Crippen LogP contribution in [0.1, 0.15) is 31.0 Å². The van der Waals surface area contributed by atoms with Crippen molar-refractivity contribution in [3.63, 3.8) is 0 Å². The summed E-state index contributed by atoms with van der Waals surface area (Å²) in [6.07, 6.45) is 1.05. The first-order chi connectivity index (χ1) is 9.16. The molecule has 0 spiro atoms. The van der Waals surface area contributed by atoms with Crippen molar-refractivity contribution in [2.45, 2.75) is 32.4 Å². The summed E-state index contributed by atoms with van der Waals surface area (Å²) in [5.74, 6) is 0. The molecule has 2 heteroatoms. The highest BCUT2D eigenvalue weighted by Crippen LogP contribution is 2.23. The van der Waals surface area contributed by atoms with Crippen LogP contribution in [0.15, 0.2) is 59.1 Å². The SMILES string of the molecule is CC(Cc1ccccc1)N[C@@H](C)c1ccccc1Br. The molecule has 0 aliphatic rings. The molecule has 0 aromatic heterocycles. The van der Waals surface area contributed by atoms with Gasteiger partial charge in [-0.25, -0.2) is 0 Å². The topological polar surface area (TPSA) is 12.0 Å². The largest absolute Gasteiger partial charge is 0.307 e. The average molecular weight is 318 g/mol. The molecule has 0 saturated heterocycles. The molecular formula is C17H20BrN. The Morgan fingerprint density at radius 3 is 2.26 bits per heavy atom. The van der Waals surface area contributed by atoms with E-state index < -0.39 is 0 Å².